The van der Waals surface area contributed by atoms with E-state index in [2.05, 4.69) is 5.32 Å². The van der Waals surface area contributed by atoms with Gasteiger partial charge in [-0.15, -0.1) is 0 Å². The van der Waals surface area contributed by atoms with Gasteiger partial charge in [-0.2, -0.15) is 0 Å². The van der Waals surface area contributed by atoms with Crippen molar-refractivity contribution in [3.8, 4) is 11.5 Å². The summed E-state index contributed by atoms with van der Waals surface area (Å²) in [5, 5.41) is 2.68. The molecule has 0 aliphatic carbocycles. The third-order valence-corrected chi connectivity index (χ3v) is 8.32. The summed E-state index contributed by atoms with van der Waals surface area (Å²) in [6.07, 6.45) is 0. The lowest BCUT2D eigenvalue weighted by Gasteiger charge is -2.32. The number of para-hydroxylation sites is 1. The second kappa shape index (κ2) is 13.8. The monoisotopic (exact) mass is 589 g/mol. The van der Waals surface area contributed by atoms with Crippen molar-refractivity contribution in [3.05, 3.63) is 121 Å². The average molecular weight is 590 g/mol. The Bertz CT molecular complexity index is 1600. The Morgan fingerprint density at radius 2 is 1.40 bits per heavy atom. The summed E-state index contributed by atoms with van der Waals surface area (Å²) < 4.78 is 49.2. The number of likely N-dealkylation sites (N-methyl/N-ethyl adjacent to an activating group) is 1. The van der Waals surface area contributed by atoms with E-state index in [4.69, 9.17) is 4.74 Å². The van der Waals surface area contributed by atoms with Crippen LogP contribution in [-0.4, -0.2) is 44.3 Å². The Labute approximate surface area is 245 Å². The molecule has 8 nitrogen and oxygen atoms in total. The van der Waals surface area contributed by atoms with Gasteiger partial charge >= 0.3 is 0 Å². The van der Waals surface area contributed by atoms with Crippen molar-refractivity contribution in [2.24, 2.45) is 0 Å². The van der Waals surface area contributed by atoms with Crippen LogP contribution in [0.2, 0.25) is 0 Å². The molecule has 0 fully saturated rings. The number of sulfonamides is 1. The standard InChI is InChI=1S/C32H32FN3O5S/c1-3-34-32(38)24(2)35(22-25-12-10-11-17-30(25)33)31(37)23-36(42(39,40)29-15-8-5-9-16-29)26-18-20-28(21-19-26)41-27-13-6-4-7-14-27/h4-21,24H,3,22-23H2,1-2H3,(H,34,38). The van der Waals surface area contributed by atoms with Crippen LogP contribution < -0.4 is 14.4 Å². The van der Waals surface area contributed by atoms with Crippen molar-refractivity contribution in [1.29, 1.82) is 0 Å². The largest absolute Gasteiger partial charge is 0.457 e. The second-order valence-corrected chi connectivity index (χ2v) is 11.3. The molecule has 0 saturated heterocycles. The number of anilines is 1. The molecule has 0 radical (unpaired) electrons. The number of hydrogen-bond donors (Lipinski definition) is 1. The molecule has 1 atom stereocenters. The normalized spacial score (nSPS) is 11.8. The maximum Gasteiger partial charge on any atom is 0.264 e. The molecule has 10 heteroatoms. The number of hydrogen-bond acceptors (Lipinski definition) is 5. The van der Waals surface area contributed by atoms with E-state index in [9.17, 15) is 22.4 Å². The van der Waals surface area contributed by atoms with Crippen molar-refractivity contribution in [2.75, 3.05) is 17.4 Å². The SMILES string of the molecule is CCNC(=O)C(C)N(Cc1ccccc1F)C(=O)CN(c1ccc(Oc2ccccc2)cc1)S(=O)(=O)c1ccccc1. The zero-order valence-corrected chi connectivity index (χ0v) is 24.1. The molecule has 4 aromatic carbocycles. The highest BCUT2D eigenvalue weighted by Crippen LogP contribution is 2.28. The summed E-state index contributed by atoms with van der Waals surface area (Å²) in [5.74, 6) is -0.582. The fourth-order valence-electron chi connectivity index (χ4n) is 4.27. The molecule has 4 aromatic rings. The van der Waals surface area contributed by atoms with Crippen LogP contribution in [0.5, 0.6) is 11.5 Å². The predicted molar refractivity (Wildman–Crippen MR) is 159 cm³/mol. The average Bonchev–Trinajstić information content (AvgIpc) is 3.00. The molecule has 0 saturated carbocycles. The van der Waals surface area contributed by atoms with Crippen LogP contribution in [0.25, 0.3) is 0 Å². The Hall–Kier alpha value is -4.70. The molecule has 0 aliphatic rings. The zero-order chi connectivity index (χ0) is 30.1. The van der Waals surface area contributed by atoms with E-state index in [1.165, 1.54) is 42.2 Å². The highest BCUT2D eigenvalue weighted by Gasteiger charge is 2.32. The second-order valence-electron chi connectivity index (χ2n) is 9.42. The van der Waals surface area contributed by atoms with Crippen LogP contribution in [-0.2, 0) is 26.2 Å². The van der Waals surface area contributed by atoms with Gasteiger partial charge < -0.3 is 15.0 Å². The van der Waals surface area contributed by atoms with E-state index < -0.39 is 40.2 Å². The van der Waals surface area contributed by atoms with E-state index >= 15 is 0 Å². The van der Waals surface area contributed by atoms with Gasteiger partial charge in [-0.05, 0) is 68.4 Å². The Balaban J connectivity index is 1.69. The molecule has 1 unspecified atom stereocenters. The first-order valence-corrected chi connectivity index (χ1v) is 14.9. The Morgan fingerprint density at radius 3 is 2.02 bits per heavy atom. The lowest BCUT2D eigenvalue weighted by atomic mass is 10.1. The molecular weight excluding hydrogens is 557 g/mol. The maximum atomic E-state index is 14.6. The van der Waals surface area contributed by atoms with Gasteiger partial charge in [0.1, 0.15) is 29.9 Å². The van der Waals surface area contributed by atoms with Crippen molar-refractivity contribution < 1.29 is 27.1 Å². The molecule has 0 aromatic heterocycles. The summed E-state index contributed by atoms with van der Waals surface area (Å²) in [6.45, 7) is 2.74. The highest BCUT2D eigenvalue weighted by atomic mass is 32.2. The van der Waals surface area contributed by atoms with Gasteiger partial charge in [0.25, 0.3) is 10.0 Å². The van der Waals surface area contributed by atoms with Crippen LogP contribution in [0.1, 0.15) is 19.4 Å². The molecule has 1 N–H and O–H groups in total. The molecule has 0 heterocycles. The first-order valence-electron chi connectivity index (χ1n) is 13.4. The topological polar surface area (TPSA) is 96.0 Å². The van der Waals surface area contributed by atoms with Gasteiger partial charge in [0.05, 0.1) is 10.6 Å². The summed E-state index contributed by atoms with van der Waals surface area (Å²) in [7, 11) is -4.22. The first-order chi connectivity index (χ1) is 20.2. The van der Waals surface area contributed by atoms with E-state index in [-0.39, 0.29) is 22.7 Å². The quantitative estimate of drug-likeness (QED) is 0.240. The highest BCUT2D eigenvalue weighted by molar-refractivity contribution is 7.92. The van der Waals surface area contributed by atoms with E-state index in [0.29, 0.717) is 18.0 Å². The fraction of sp³-hybridized carbons (Fsp3) is 0.188. The molecule has 42 heavy (non-hydrogen) atoms. The van der Waals surface area contributed by atoms with Crippen LogP contribution in [0.15, 0.2) is 114 Å². The molecule has 0 aliphatic heterocycles. The maximum absolute atomic E-state index is 14.6. The fourth-order valence-corrected chi connectivity index (χ4v) is 5.70. The minimum Gasteiger partial charge on any atom is -0.457 e. The summed E-state index contributed by atoms with van der Waals surface area (Å²) in [5.41, 5.74) is 0.408. The van der Waals surface area contributed by atoms with Crippen molar-refractivity contribution in [1.82, 2.24) is 10.2 Å². The van der Waals surface area contributed by atoms with Gasteiger partial charge in [-0.1, -0.05) is 54.6 Å². The van der Waals surface area contributed by atoms with Crippen LogP contribution >= 0.6 is 0 Å². The van der Waals surface area contributed by atoms with Gasteiger partial charge in [-0.3, -0.25) is 13.9 Å². The number of carbonyl (C=O) groups is 2. The van der Waals surface area contributed by atoms with Gasteiger partial charge in [0, 0.05) is 18.7 Å². The third-order valence-electron chi connectivity index (χ3n) is 6.53. The predicted octanol–water partition coefficient (Wildman–Crippen LogP) is 5.37. The molecule has 2 amide bonds. The minimum absolute atomic E-state index is 0.0140. The number of halogens is 1. The van der Waals surface area contributed by atoms with Crippen molar-refractivity contribution >= 4 is 27.5 Å². The Kier molecular flexibility index (Phi) is 9.93. The lowest BCUT2D eigenvalue weighted by molar-refractivity contribution is -0.139. The van der Waals surface area contributed by atoms with Crippen LogP contribution in [0.3, 0.4) is 0 Å². The smallest absolute Gasteiger partial charge is 0.264 e. The number of ether oxygens (including phenoxy) is 1. The molecular formula is C32H32FN3O5S. The number of nitrogens with one attached hydrogen (secondary N) is 1. The summed E-state index contributed by atoms with van der Waals surface area (Å²) >= 11 is 0. The first kappa shape index (κ1) is 30.3. The molecule has 0 spiro atoms. The van der Waals surface area contributed by atoms with Gasteiger partial charge in [0.15, 0.2) is 0 Å². The number of benzene rings is 4. The lowest BCUT2D eigenvalue weighted by Crippen LogP contribution is -2.51. The summed E-state index contributed by atoms with van der Waals surface area (Å²) in [4.78, 5) is 27.8. The van der Waals surface area contributed by atoms with Gasteiger partial charge in [0.2, 0.25) is 11.8 Å². The number of carbonyl (C=O) groups excluding carboxylic acids is 2. The third kappa shape index (κ3) is 7.32. The van der Waals surface area contributed by atoms with E-state index in [1.807, 2.05) is 18.2 Å². The van der Waals surface area contributed by atoms with Crippen LogP contribution in [0.4, 0.5) is 10.1 Å². The van der Waals surface area contributed by atoms with Crippen molar-refractivity contribution in [3.63, 3.8) is 0 Å². The number of nitrogens with zero attached hydrogens (tertiary/aromatic N) is 2. The number of rotatable bonds is 12. The zero-order valence-electron chi connectivity index (χ0n) is 23.3. The van der Waals surface area contributed by atoms with Crippen LogP contribution in [0, 0.1) is 5.82 Å². The summed E-state index contributed by atoms with van der Waals surface area (Å²) in [6, 6.07) is 28.1. The molecule has 4 rings (SSSR count). The van der Waals surface area contributed by atoms with Gasteiger partial charge in [-0.25, -0.2) is 12.8 Å². The Morgan fingerprint density at radius 1 is 0.833 bits per heavy atom. The van der Waals surface area contributed by atoms with E-state index in [1.54, 1.807) is 67.6 Å². The molecule has 218 valence electrons. The minimum atomic E-state index is -4.22. The van der Waals surface area contributed by atoms with Crippen molar-refractivity contribution in [2.45, 2.75) is 31.3 Å². The van der Waals surface area contributed by atoms with E-state index in [0.717, 1.165) is 4.31 Å². The molecule has 0 bridgehead atoms. The number of amides is 2.